The van der Waals surface area contributed by atoms with Crippen LogP contribution in [0.5, 0.6) is 0 Å². The molecule has 28 heavy (non-hydrogen) atoms. The third-order valence-electron chi connectivity index (χ3n) is 5.31. The molecule has 2 aliphatic rings. The van der Waals surface area contributed by atoms with Crippen LogP contribution in [-0.2, 0) is 11.2 Å². The van der Waals surface area contributed by atoms with E-state index in [0.717, 1.165) is 57.7 Å². The molecule has 3 atom stereocenters. The van der Waals surface area contributed by atoms with E-state index in [1.807, 2.05) is 12.1 Å². The number of morpholine rings is 1. The van der Waals surface area contributed by atoms with Crippen molar-refractivity contribution < 1.29 is 9.53 Å². The molecule has 2 aliphatic heterocycles. The van der Waals surface area contributed by atoms with Gasteiger partial charge < -0.3 is 15.4 Å². The largest absolute Gasteiger partial charge is 0.373 e. The molecule has 2 heterocycles. The topological polar surface area (TPSA) is 53.6 Å². The van der Waals surface area contributed by atoms with Crippen molar-refractivity contribution in [3.8, 4) is 0 Å². The predicted octanol–water partition coefficient (Wildman–Crippen LogP) is 2.91. The van der Waals surface area contributed by atoms with E-state index in [0.29, 0.717) is 18.1 Å². The van der Waals surface area contributed by atoms with Gasteiger partial charge in [-0.3, -0.25) is 9.69 Å². The zero-order chi connectivity index (χ0) is 18.4. The van der Waals surface area contributed by atoms with Crippen LogP contribution in [0.25, 0.3) is 0 Å². The van der Waals surface area contributed by atoms with Crippen LogP contribution in [0.2, 0.25) is 0 Å². The van der Waals surface area contributed by atoms with Crippen molar-refractivity contribution in [3.63, 3.8) is 0 Å². The van der Waals surface area contributed by atoms with Gasteiger partial charge in [0, 0.05) is 31.7 Å². The van der Waals surface area contributed by atoms with Crippen LogP contribution in [-0.4, -0.2) is 62.3 Å². The first kappa shape index (κ1) is 25.2. The Bertz CT molecular complexity index is 587. The summed E-state index contributed by atoms with van der Waals surface area (Å²) in [6.07, 6.45) is 3.85. The van der Waals surface area contributed by atoms with Crippen molar-refractivity contribution in [2.24, 2.45) is 5.92 Å². The number of carbonyl (C=O) groups is 1. The molecule has 160 valence electrons. The van der Waals surface area contributed by atoms with Crippen LogP contribution in [0.1, 0.15) is 42.6 Å². The minimum atomic E-state index is 0. The van der Waals surface area contributed by atoms with Crippen molar-refractivity contribution in [2.75, 3.05) is 39.3 Å². The summed E-state index contributed by atoms with van der Waals surface area (Å²) < 4.78 is 5.76. The molecule has 0 radical (unpaired) electrons. The van der Waals surface area contributed by atoms with Crippen molar-refractivity contribution in [1.82, 2.24) is 15.5 Å². The number of hydrogen-bond acceptors (Lipinski definition) is 4. The Morgan fingerprint density at radius 1 is 1.25 bits per heavy atom. The van der Waals surface area contributed by atoms with Crippen LogP contribution in [0.15, 0.2) is 24.3 Å². The Balaban J connectivity index is 0.00000196. The van der Waals surface area contributed by atoms with Crippen molar-refractivity contribution in [1.29, 1.82) is 0 Å². The highest BCUT2D eigenvalue weighted by atomic mass is 35.5. The Morgan fingerprint density at radius 2 is 2.00 bits per heavy atom. The summed E-state index contributed by atoms with van der Waals surface area (Å²) in [4.78, 5) is 14.9. The molecular formula is C21H35Cl2N3O2. The van der Waals surface area contributed by atoms with Gasteiger partial charge in [-0.1, -0.05) is 12.1 Å². The molecule has 2 N–H and O–H groups in total. The number of ether oxygens (including phenoxy) is 1. The number of rotatable bonds is 7. The second-order valence-corrected chi connectivity index (χ2v) is 7.89. The van der Waals surface area contributed by atoms with Gasteiger partial charge in [-0.2, -0.15) is 0 Å². The molecule has 1 unspecified atom stereocenters. The zero-order valence-corrected chi connectivity index (χ0v) is 18.6. The Morgan fingerprint density at radius 3 is 2.68 bits per heavy atom. The maximum absolute atomic E-state index is 12.4. The van der Waals surface area contributed by atoms with Gasteiger partial charge in [0.25, 0.3) is 5.91 Å². The average molecular weight is 432 g/mol. The summed E-state index contributed by atoms with van der Waals surface area (Å²) in [6, 6.07) is 8.11. The highest BCUT2D eigenvalue weighted by Gasteiger charge is 2.21. The summed E-state index contributed by atoms with van der Waals surface area (Å²) in [6.45, 7) is 10.1. The third kappa shape index (κ3) is 7.88. The van der Waals surface area contributed by atoms with E-state index in [1.54, 1.807) is 0 Å². The van der Waals surface area contributed by atoms with Crippen LogP contribution in [0, 0.1) is 5.92 Å². The fraction of sp³-hybridized carbons (Fsp3) is 0.667. The fourth-order valence-corrected chi connectivity index (χ4v) is 4.14. The molecule has 3 rings (SSSR count). The van der Waals surface area contributed by atoms with Gasteiger partial charge in [0.05, 0.1) is 12.2 Å². The lowest BCUT2D eigenvalue weighted by atomic mass is 9.97. The summed E-state index contributed by atoms with van der Waals surface area (Å²) in [7, 11) is 0. The normalized spacial score (nSPS) is 24.9. The SMILES string of the molecule is C[C@@H]1CN(CCCNC(=O)c2cccc(CC3CCNC3)c2)C[C@H](C)O1.Cl.Cl. The number of benzene rings is 1. The highest BCUT2D eigenvalue weighted by molar-refractivity contribution is 5.94. The predicted molar refractivity (Wildman–Crippen MR) is 119 cm³/mol. The van der Waals surface area contributed by atoms with E-state index in [-0.39, 0.29) is 30.7 Å². The number of amides is 1. The first-order chi connectivity index (χ1) is 12.6. The summed E-state index contributed by atoms with van der Waals surface area (Å²) in [5, 5.41) is 6.48. The van der Waals surface area contributed by atoms with E-state index in [4.69, 9.17) is 4.74 Å². The van der Waals surface area contributed by atoms with Crippen molar-refractivity contribution >= 4 is 30.7 Å². The number of halogens is 2. The Labute approximate surface area is 181 Å². The number of nitrogens with zero attached hydrogens (tertiary/aromatic N) is 1. The Kier molecular flexibility index (Phi) is 11.4. The Hall–Kier alpha value is -0.850. The van der Waals surface area contributed by atoms with E-state index >= 15 is 0 Å². The van der Waals surface area contributed by atoms with Crippen LogP contribution >= 0.6 is 24.8 Å². The monoisotopic (exact) mass is 431 g/mol. The van der Waals surface area contributed by atoms with Gasteiger partial charge in [-0.15, -0.1) is 24.8 Å². The summed E-state index contributed by atoms with van der Waals surface area (Å²) in [5.74, 6) is 0.742. The summed E-state index contributed by atoms with van der Waals surface area (Å²) in [5.41, 5.74) is 2.05. The second kappa shape index (κ2) is 12.7. The van der Waals surface area contributed by atoms with Gasteiger partial charge in [-0.25, -0.2) is 0 Å². The second-order valence-electron chi connectivity index (χ2n) is 7.89. The van der Waals surface area contributed by atoms with Gasteiger partial charge in [0.1, 0.15) is 0 Å². The molecular weight excluding hydrogens is 397 g/mol. The maximum Gasteiger partial charge on any atom is 0.251 e. The number of nitrogens with one attached hydrogen (secondary N) is 2. The lowest BCUT2D eigenvalue weighted by molar-refractivity contribution is -0.0679. The minimum absolute atomic E-state index is 0. The van der Waals surface area contributed by atoms with Gasteiger partial charge in [0.2, 0.25) is 0 Å². The molecule has 1 aromatic carbocycles. The molecule has 2 fully saturated rings. The van der Waals surface area contributed by atoms with E-state index in [9.17, 15) is 4.79 Å². The third-order valence-corrected chi connectivity index (χ3v) is 5.31. The average Bonchev–Trinajstić information content (AvgIpc) is 3.11. The van der Waals surface area contributed by atoms with E-state index < -0.39 is 0 Å². The quantitative estimate of drug-likeness (QED) is 0.651. The standard InChI is InChI=1S/C21H33N3O2.2ClH/c1-16-14-24(15-17(2)26-16)10-4-8-23-21(25)20-6-3-5-18(12-20)11-19-7-9-22-13-19;;/h3,5-6,12,16-17,19,22H,4,7-11,13-15H2,1-2H3,(H,23,25);2*1H/t16-,17+,19?;;. The van der Waals surface area contributed by atoms with Crippen molar-refractivity contribution in [3.05, 3.63) is 35.4 Å². The molecule has 0 aliphatic carbocycles. The molecule has 0 spiro atoms. The van der Waals surface area contributed by atoms with Crippen molar-refractivity contribution in [2.45, 2.75) is 45.3 Å². The van der Waals surface area contributed by atoms with Gasteiger partial charge in [0.15, 0.2) is 0 Å². The molecule has 1 aromatic rings. The molecule has 5 nitrogen and oxygen atoms in total. The smallest absolute Gasteiger partial charge is 0.251 e. The van der Waals surface area contributed by atoms with Crippen LogP contribution < -0.4 is 10.6 Å². The van der Waals surface area contributed by atoms with Gasteiger partial charge in [-0.05, 0) is 69.8 Å². The van der Waals surface area contributed by atoms with E-state index in [2.05, 4.69) is 41.5 Å². The fourth-order valence-electron chi connectivity index (χ4n) is 4.14. The van der Waals surface area contributed by atoms with E-state index in [1.165, 1.54) is 12.0 Å². The zero-order valence-electron chi connectivity index (χ0n) is 17.0. The lowest BCUT2D eigenvalue weighted by Gasteiger charge is -2.35. The number of hydrogen-bond donors (Lipinski definition) is 2. The first-order valence-electron chi connectivity index (χ1n) is 10.1. The molecule has 0 saturated carbocycles. The minimum Gasteiger partial charge on any atom is -0.373 e. The van der Waals surface area contributed by atoms with Crippen LogP contribution in [0.4, 0.5) is 0 Å². The lowest BCUT2D eigenvalue weighted by Crippen LogP contribution is -2.46. The highest BCUT2D eigenvalue weighted by Crippen LogP contribution is 2.16. The molecule has 7 heteroatoms. The van der Waals surface area contributed by atoms with Gasteiger partial charge >= 0.3 is 0 Å². The maximum atomic E-state index is 12.4. The number of carbonyl (C=O) groups excluding carboxylic acids is 1. The molecule has 0 bridgehead atoms. The molecule has 1 amide bonds. The first-order valence-corrected chi connectivity index (χ1v) is 10.1. The molecule has 2 saturated heterocycles. The summed E-state index contributed by atoms with van der Waals surface area (Å²) >= 11 is 0. The van der Waals surface area contributed by atoms with Crippen LogP contribution in [0.3, 0.4) is 0 Å². The molecule has 0 aromatic heterocycles.